The van der Waals surface area contributed by atoms with Crippen LogP contribution < -0.4 is 10.1 Å². The summed E-state index contributed by atoms with van der Waals surface area (Å²) in [7, 11) is 1.66. The van der Waals surface area contributed by atoms with Gasteiger partial charge in [-0.05, 0) is 31.5 Å². The molecular formula is C21H20N4O2. The van der Waals surface area contributed by atoms with Gasteiger partial charge >= 0.3 is 0 Å². The van der Waals surface area contributed by atoms with E-state index in [1.165, 1.54) is 5.56 Å². The van der Waals surface area contributed by atoms with E-state index >= 15 is 0 Å². The van der Waals surface area contributed by atoms with Crippen molar-refractivity contribution in [3.8, 4) is 17.0 Å². The van der Waals surface area contributed by atoms with Crippen molar-refractivity contribution in [1.82, 2.24) is 15.1 Å². The first-order valence-electron chi connectivity index (χ1n) is 8.72. The fourth-order valence-electron chi connectivity index (χ4n) is 2.93. The Kier molecular flexibility index (Phi) is 4.46. The molecule has 6 heteroatoms. The number of ether oxygens (including phenoxy) is 1. The summed E-state index contributed by atoms with van der Waals surface area (Å²) in [5, 5.41) is 7.57. The van der Waals surface area contributed by atoms with Crippen LogP contribution in [0.15, 0.2) is 53.1 Å². The zero-order chi connectivity index (χ0) is 18.8. The number of rotatable bonds is 5. The van der Waals surface area contributed by atoms with Crippen molar-refractivity contribution in [3.63, 3.8) is 0 Å². The Hall–Kier alpha value is -3.41. The van der Waals surface area contributed by atoms with Gasteiger partial charge in [-0.3, -0.25) is 0 Å². The molecule has 0 fully saturated rings. The molecule has 0 aliphatic carbocycles. The molecule has 4 aromatic rings. The predicted molar refractivity (Wildman–Crippen MR) is 105 cm³/mol. The fourth-order valence-corrected chi connectivity index (χ4v) is 2.93. The van der Waals surface area contributed by atoms with Gasteiger partial charge in [-0.15, -0.1) is 0 Å². The summed E-state index contributed by atoms with van der Waals surface area (Å²) in [5.74, 6) is 2.11. The number of hydrogen-bond acceptors (Lipinski definition) is 6. The van der Waals surface area contributed by atoms with Gasteiger partial charge in [0, 0.05) is 12.1 Å². The first-order valence-corrected chi connectivity index (χ1v) is 8.72. The summed E-state index contributed by atoms with van der Waals surface area (Å²) in [6, 6.07) is 16.0. The molecule has 0 saturated heterocycles. The van der Waals surface area contributed by atoms with Crippen LogP contribution in [0.1, 0.15) is 17.0 Å². The van der Waals surface area contributed by atoms with E-state index in [-0.39, 0.29) is 0 Å². The van der Waals surface area contributed by atoms with Gasteiger partial charge in [-0.1, -0.05) is 47.1 Å². The van der Waals surface area contributed by atoms with Gasteiger partial charge < -0.3 is 14.6 Å². The average Bonchev–Trinajstić information content (AvgIpc) is 3.10. The number of nitrogens with zero attached hydrogens (tertiary/aromatic N) is 3. The summed E-state index contributed by atoms with van der Waals surface area (Å²) >= 11 is 0. The summed E-state index contributed by atoms with van der Waals surface area (Å²) in [6.07, 6.45) is 0. The third-order valence-electron chi connectivity index (χ3n) is 4.35. The van der Waals surface area contributed by atoms with Gasteiger partial charge in [-0.25, -0.2) is 9.97 Å². The maximum Gasteiger partial charge on any atom is 0.228 e. The Bertz CT molecular complexity index is 1090. The van der Waals surface area contributed by atoms with Gasteiger partial charge in [0.15, 0.2) is 5.82 Å². The fraction of sp³-hybridized carbons (Fsp3) is 0.190. The molecule has 2 aromatic carbocycles. The SMILES string of the molecule is COc1cccc(CNc2nc(C)nc3c(-c4ccc(C)cc4)noc23)c1. The Morgan fingerprint density at radius 2 is 1.85 bits per heavy atom. The number of hydrogen-bond donors (Lipinski definition) is 1. The lowest BCUT2D eigenvalue weighted by Gasteiger charge is -2.08. The summed E-state index contributed by atoms with van der Waals surface area (Å²) < 4.78 is 10.9. The Morgan fingerprint density at radius 1 is 1.04 bits per heavy atom. The van der Waals surface area contributed by atoms with E-state index in [0.717, 1.165) is 22.6 Å². The first-order chi connectivity index (χ1) is 13.1. The minimum atomic E-state index is 0.555. The van der Waals surface area contributed by atoms with E-state index in [1.807, 2.05) is 55.5 Å². The van der Waals surface area contributed by atoms with Crippen LogP contribution >= 0.6 is 0 Å². The van der Waals surface area contributed by atoms with Crippen molar-refractivity contribution in [1.29, 1.82) is 0 Å². The molecule has 0 radical (unpaired) electrons. The van der Waals surface area contributed by atoms with E-state index < -0.39 is 0 Å². The van der Waals surface area contributed by atoms with E-state index in [1.54, 1.807) is 7.11 Å². The van der Waals surface area contributed by atoms with Crippen LogP contribution in [0.3, 0.4) is 0 Å². The molecule has 0 atom stereocenters. The molecule has 0 saturated carbocycles. The number of anilines is 1. The topological polar surface area (TPSA) is 73.1 Å². The molecule has 0 amide bonds. The van der Waals surface area contributed by atoms with Crippen molar-refractivity contribution >= 4 is 16.9 Å². The molecular weight excluding hydrogens is 340 g/mol. The van der Waals surface area contributed by atoms with Gasteiger partial charge in [0.05, 0.1) is 7.11 Å². The van der Waals surface area contributed by atoms with Gasteiger partial charge in [0.2, 0.25) is 5.58 Å². The van der Waals surface area contributed by atoms with Crippen LogP contribution in [0.25, 0.3) is 22.4 Å². The lowest BCUT2D eigenvalue weighted by molar-refractivity contribution is 0.414. The quantitative estimate of drug-likeness (QED) is 0.564. The third kappa shape index (κ3) is 3.46. The molecule has 0 bridgehead atoms. The second kappa shape index (κ2) is 7.07. The number of benzene rings is 2. The number of aryl methyl sites for hydroxylation is 2. The Balaban J connectivity index is 1.68. The maximum absolute atomic E-state index is 5.59. The number of aromatic nitrogens is 3. The highest BCUT2D eigenvalue weighted by molar-refractivity contribution is 5.93. The standard InChI is InChI=1S/C21H20N4O2/c1-13-7-9-16(10-8-13)18-19-20(27-25-18)21(24-14(2)23-19)22-12-15-5-4-6-17(11-15)26-3/h4-11H,12H2,1-3H3,(H,22,23,24). The zero-order valence-electron chi connectivity index (χ0n) is 15.5. The molecule has 2 heterocycles. The van der Waals surface area contributed by atoms with Crippen LogP contribution in [0.4, 0.5) is 5.82 Å². The minimum Gasteiger partial charge on any atom is -0.497 e. The highest BCUT2D eigenvalue weighted by Crippen LogP contribution is 2.30. The second-order valence-corrected chi connectivity index (χ2v) is 6.40. The van der Waals surface area contributed by atoms with Crippen molar-refractivity contribution in [2.75, 3.05) is 12.4 Å². The number of methoxy groups -OCH3 is 1. The van der Waals surface area contributed by atoms with Gasteiger partial charge in [0.1, 0.15) is 22.8 Å². The van der Waals surface area contributed by atoms with Gasteiger partial charge in [0.25, 0.3) is 0 Å². The van der Waals surface area contributed by atoms with Crippen molar-refractivity contribution < 1.29 is 9.26 Å². The van der Waals surface area contributed by atoms with Crippen LogP contribution in [0.2, 0.25) is 0 Å². The van der Waals surface area contributed by atoms with Crippen LogP contribution in [-0.4, -0.2) is 22.2 Å². The van der Waals surface area contributed by atoms with Crippen molar-refractivity contribution in [2.24, 2.45) is 0 Å². The molecule has 4 rings (SSSR count). The third-order valence-corrected chi connectivity index (χ3v) is 4.35. The Morgan fingerprint density at radius 3 is 2.63 bits per heavy atom. The molecule has 0 unspecified atom stereocenters. The molecule has 27 heavy (non-hydrogen) atoms. The maximum atomic E-state index is 5.59. The van der Waals surface area contributed by atoms with Crippen LogP contribution in [-0.2, 0) is 6.54 Å². The molecule has 6 nitrogen and oxygen atoms in total. The van der Waals surface area contributed by atoms with Crippen LogP contribution in [0, 0.1) is 13.8 Å². The smallest absolute Gasteiger partial charge is 0.228 e. The summed E-state index contributed by atoms with van der Waals surface area (Å²) in [5.41, 5.74) is 5.23. The molecule has 0 aliphatic rings. The second-order valence-electron chi connectivity index (χ2n) is 6.40. The lowest BCUT2D eigenvalue weighted by Crippen LogP contribution is -2.04. The van der Waals surface area contributed by atoms with Gasteiger partial charge in [-0.2, -0.15) is 0 Å². The van der Waals surface area contributed by atoms with Crippen LogP contribution in [0.5, 0.6) is 5.75 Å². The summed E-state index contributed by atoms with van der Waals surface area (Å²) in [4.78, 5) is 9.04. The molecule has 136 valence electrons. The molecule has 2 aromatic heterocycles. The molecule has 1 N–H and O–H groups in total. The first kappa shape index (κ1) is 17.0. The van der Waals surface area contributed by atoms with E-state index in [9.17, 15) is 0 Å². The highest BCUT2D eigenvalue weighted by Gasteiger charge is 2.17. The number of nitrogens with one attached hydrogen (secondary N) is 1. The number of fused-ring (bicyclic) bond motifs is 1. The minimum absolute atomic E-state index is 0.555. The van der Waals surface area contributed by atoms with E-state index in [2.05, 4.69) is 27.4 Å². The average molecular weight is 360 g/mol. The molecule has 0 aliphatic heterocycles. The summed E-state index contributed by atoms with van der Waals surface area (Å²) in [6.45, 7) is 4.50. The zero-order valence-corrected chi connectivity index (χ0v) is 15.5. The normalized spacial score (nSPS) is 10.9. The lowest BCUT2D eigenvalue weighted by atomic mass is 10.1. The molecule has 0 spiro atoms. The monoisotopic (exact) mass is 360 g/mol. The Labute approximate surface area is 157 Å². The van der Waals surface area contributed by atoms with Crippen molar-refractivity contribution in [2.45, 2.75) is 20.4 Å². The van der Waals surface area contributed by atoms with E-state index in [4.69, 9.17) is 9.26 Å². The predicted octanol–water partition coefficient (Wildman–Crippen LogP) is 4.52. The van der Waals surface area contributed by atoms with E-state index in [0.29, 0.717) is 29.3 Å². The largest absolute Gasteiger partial charge is 0.497 e. The van der Waals surface area contributed by atoms with Crippen molar-refractivity contribution in [3.05, 3.63) is 65.5 Å². The highest BCUT2D eigenvalue weighted by atomic mass is 16.5.